The van der Waals surface area contributed by atoms with E-state index in [9.17, 15) is 21.6 Å². The lowest BCUT2D eigenvalue weighted by Crippen LogP contribution is -2.17. The second-order valence-corrected chi connectivity index (χ2v) is 8.13. The number of aromatic nitrogens is 1. The van der Waals surface area contributed by atoms with Gasteiger partial charge in [-0.3, -0.25) is 9.98 Å². The highest BCUT2D eigenvalue weighted by atomic mass is 32.2. The van der Waals surface area contributed by atoms with E-state index in [1.165, 1.54) is 31.3 Å². The van der Waals surface area contributed by atoms with Gasteiger partial charge in [-0.25, -0.2) is 8.42 Å². The second kappa shape index (κ2) is 7.52. The van der Waals surface area contributed by atoms with Crippen LogP contribution in [0.1, 0.15) is 12.6 Å². The molecule has 0 aromatic carbocycles. The highest BCUT2D eigenvalue weighted by molar-refractivity contribution is 7.99. The molecule has 0 radical (unpaired) electrons. The Morgan fingerprint density at radius 2 is 2.04 bits per heavy atom. The molecule has 0 bridgehead atoms. The van der Waals surface area contributed by atoms with Gasteiger partial charge in [-0.05, 0) is 18.2 Å². The Balaban J connectivity index is 2.28. The molecule has 0 aliphatic carbocycles. The number of hydrogen-bond acceptors (Lipinski definition) is 5. The molecule has 0 N–H and O–H groups in total. The van der Waals surface area contributed by atoms with Crippen LogP contribution >= 0.6 is 11.8 Å². The maximum Gasteiger partial charge on any atom is 0.398 e. The van der Waals surface area contributed by atoms with E-state index in [0.29, 0.717) is 28.9 Å². The predicted molar refractivity (Wildman–Crippen MR) is 89.1 cm³/mol. The fourth-order valence-electron chi connectivity index (χ4n) is 1.90. The van der Waals surface area contributed by atoms with Crippen molar-refractivity contribution in [1.82, 2.24) is 4.98 Å². The van der Waals surface area contributed by atoms with Gasteiger partial charge in [-0.2, -0.15) is 13.2 Å². The number of alkyl halides is 3. The first kappa shape index (κ1) is 18.7. The molecule has 1 aromatic heterocycles. The number of thioether (sulfide) groups is 1. The zero-order chi connectivity index (χ0) is 17.8. The number of halogens is 3. The average Bonchev–Trinajstić information content (AvgIpc) is 2.79. The summed E-state index contributed by atoms with van der Waals surface area (Å²) >= 11 is 0.625. The molecule has 1 aromatic rings. The van der Waals surface area contributed by atoms with Crippen LogP contribution in [-0.2, 0) is 9.84 Å². The Labute approximate surface area is 142 Å². The van der Waals surface area contributed by atoms with Crippen molar-refractivity contribution in [2.45, 2.75) is 18.0 Å². The number of sulfone groups is 1. The molecule has 1 aliphatic rings. The smallest absolute Gasteiger partial charge is 0.278 e. The molecule has 0 saturated carbocycles. The first-order chi connectivity index (χ1) is 11.2. The fourth-order valence-corrected chi connectivity index (χ4v) is 3.58. The summed E-state index contributed by atoms with van der Waals surface area (Å²) in [6, 6.07) is 2.97. The van der Waals surface area contributed by atoms with Crippen LogP contribution in [0.4, 0.5) is 13.2 Å². The van der Waals surface area contributed by atoms with E-state index < -0.39 is 21.8 Å². The Hall–Kier alpha value is -1.61. The van der Waals surface area contributed by atoms with Crippen LogP contribution in [0.2, 0.25) is 0 Å². The summed E-state index contributed by atoms with van der Waals surface area (Å²) in [6.07, 6.45) is 1.84. The monoisotopic (exact) mass is 376 g/mol. The highest BCUT2D eigenvalue weighted by Gasteiger charge is 2.27. The largest absolute Gasteiger partial charge is 0.398 e. The molecule has 0 saturated heterocycles. The molecular weight excluding hydrogens is 361 g/mol. The van der Waals surface area contributed by atoms with Crippen LogP contribution in [0.5, 0.6) is 0 Å². The van der Waals surface area contributed by atoms with Crippen LogP contribution in [0.15, 0.2) is 51.4 Å². The molecule has 9 heteroatoms. The van der Waals surface area contributed by atoms with Crippen LogP contribution in [0.3, 0.4) is 0 Å². The molecule has 0 unspecified atom stereocenters. The molecule has 0 amide bonds. The standard InChI is InChI=1S/C15H15F3N2O2S2/c1-2-24(21,22)13-5-3-4-8-19-14(13)12-7-6-11(9-20-12)23-10-15(16,17)18/h3-7,9H,2,8,10H2,1H3. The van der Waals surface area contributed by atoms with Gasteiger partial charge in [0.15, 0.2) is 9.84 Å². The van der Waals surface area contributed by atoms with Gasteiger partial charge in [-0.15, -0.1) is 11.8 Å². The van der Waals surface area contributed by atoms with Crippen LogP contribution < -0.4 is 0 Å². The van der Waals surface area contributed by atoms with E-state index in [1.807, 2.05) is 0 Å². The van der Waals surface area contributed by atoms with Crippen molar-refractivity contribution in [3.63, 3.8) is 0 Å². The Kier molecular flexibility index (Phi) is 5.87. The van der Waals surface area contributed by atoms with Gasteiger partial charge >= 0.3 is 6.18 Å². The highest BCUT2D eigenvalue weighted by Crippen LogP contribution is 2.27. The quantitative estimate of drug-likeness (QED) is 0.739. The third-order valence-corrected chi connectivity index (χ3v) is 5.87. The van der Waals surface area contributed by atoms with E-state index >= 15 is 0 Å². The lowest BCUT2D eigenvalue weighted by atomic mass is 10.2. The number of pyridine rings is 1. The van der Waals surface area contributed by atoms with Crippen LogP contribution in [0.25, 0.3) is 0 Å². The predicted octanol–water partition coefficient (Wildman–Crippen LogP) is 3.41. The van der Waals surface area contributed by atoms with Crippen molar-refractivity contribution in [3.05, 3.63) is 47.2 Å². The molecule has 0 atom stereocenters. The fraction of sp³-hybridized carbons (Fsp3) is 0.333. The maximum atomic E-state index is 12.2. The van der Waals surface area contributed by atoms with Crippen molar-refractivity contribution in [2.24, 2.45) is 4.99 Å². The van der Waals surface area contributed by atoms with E-state index in [2.05, 4.69) is 9.98 Å². The summed E-state index contributed by atoms with van der Waals surface area (Å²) < 4.78 is 61.2. The Morgan fingerprint density at radius 1 is 1.29 bits per heavy atom. The minimum atomic E-state index is -4.26. The average molecular weight is 376 g/mol. The molecule has 0 spiro atoms. The van der Waals surface area contributed by atoms with Gasteiger partial charge in [-0.1, -0.05) is 19.1 Å². The number of aliphatic imine (C=N–C) groups is 1. The molecule has 1 aliphatic heterocycles. The summed E-state index contributed by atoms with van der Waals surface area (Å²) in [6.45, 7) is 1.84. The molecule has 24 heavy (non-hydrogen) atoms. The van der Waals surface area contributed by atoms with Crippen molar-refractivity contribution >= 4 is 27.3 Å². The third kappa shape index (κ3) is 4.94. The molecule has 4 nitrogen and oxygen atoms in total. The van der Waals surface area contributed by atoms with Gasteiger partial charge in [0.05, 0.1) is 28.6 Å². The summed E-state index contributed by atoms with van der Waals surface area (Å²) in [7, 11) is -3.50. The Bertz CT molecular complexity index is 780. The molecular formula is C15H15F3N2O2S2. The lowest BCUT2D eigenvalue weighted by molar-refractivity contribution is -0.105. The number of nitrogens with zero attached hydrogens (tertiary/aromatic N) is 2. The Morgan fingerprint density at radius 3 is 2.62 bits per heavy atom. The summed E-state index contributed by atoms with van der Waals surface area (Å²) in [5.74, 6) is -1.08. The van der Waals surface area contributed by atoms with E-state index in [1.54, 1.807) is 12.2 Å². The summed E-state index contributed by atoms with van der Waals surface area (Å²) in [4.78, 5) is 8.75. The maximum absolute atomic E-state index is 12.2. The van der Waals surface area contributed by atoms with Gasteiger partial charge in [0.25, 0.3) is 0 Å². The first-order valence-electron chi connectivity index (χ1n) is 7.03. The minimum Gasteiger partial charge on any atom is -0.278 e. The second-order valence-electron chi connectivity index (χ2n) is 4.83. The van der Waals surface area contributed by atoms with Gasteiger partial charge in [0, 0.05) is 11.1 Å². The molecule has 2 rings (SSSR count). The van der Waals surface area contributed by atoms with Crippen molar-refractivity contribution in [3.8, 4) is 0 Å². The third-order valence-electron chi connectivity index (χ3n) is 3.07. The van der Waals surface area contributed by atoms with Crippen LogP contribution in [-0.4, -0.2) is 43.3 Å². The first-order valence-corrected chi connectivity index (χ1v) is 9.67. The normalized spacial score (nSPS) is 15.7. The minimum absolute atomic E-state index is 0.0712. The summed E-state index contributed by atoms with van der Waals surface area (Å²) in [5, 5.41) is 0. The SMILES string of the molecule is CCS(=O)(=O)C1=CC=CCN=C1c1ccc(SCC(F)(F)F)cn1. The van der Waals surface area contributed by atoms with E-state index in [0.717, 1.165) is 0 Å². The zero-order valence-corrected chi connectivity index (χ0v) is 14.4. The van der Waals surface area contributed by atoms with Gasteiger partial charge < -0.3 is 0 Å². The number of allylic oxidation sites excluding steroid dienone is 3. The number of rotatable bonds is 5. The zero-order valence-electron chi connectivity index (χ0n) is 12.7. The van der Waals surface area contributed by atoms with E-state index in [4.69, 9.17) is 0 Å². The van der Waals surface area contributed by atoms with Crippen molar-refractivity contribution < 1.29 is 21.6 Å². The van der Waals surface area contributed by atoms with Gasteiger partial charge in [0.2, 0.25) is 0 Å². The van der Waals surface area contributed by atoms with Crippen molar-refractivity contribution in [1.29, 1.82) is 0 Å². The molecule has 130 valence electrons. The van der Waals surface area contributed by atoms with Gasteiger partial charge in [0.1, 0.15) is 5.71 Å². The van der Waals surface area contributed by atoms with Crippen LogP contribution in [0, 0.1) is 0 Å². The number of hydrogen-bond donors (Lipinski definition) is 0. The van der Waals surface area contributed by atoms with E-state index in [-0.39, 0.29) is 16.4 Å². The van der Waals surface area contributed by atoms with Crippen molar-refractivity contribution in [2.75, 3.05) is 18.1 Å². The summed E-state index contributed by atoms with van der Waals surface area (Å²) in [5.41, 5.74) is 0.549. The lowest BCUT2D eigenvalue weighted by Gasteiger charge is -2.10. The topological polar surface area (TPSA) is 59.4 Å². The molecule has 2 heterocycles. The molecule has 0 fully saturated rings.